The molecule has 0 aromatic heterocycles. The maximum absolute atomic E-state index is 12.6. The van der Waals surface area contributed by atoms with E-state index in [1.807, 2.05) is 12.1 Å². The Morgan fingerprint density at radius 1 is 0.541 bits per heavy atom. The lowest BCUT2D eigenvalue weighted by Gasteiger charge is -2.38. The molecule has 0 spiro atoms. The first-order valence-corrected chi connectivity index (χ1v) is 21.2. The molecule has 2 heterocycles. The van der Waals surface area contributed by atoms with Crippen molar-refractivity contribution in [3.63, 3.8) is 0 Å². The second-order valence-corrected chi connectivity index (χ2v) is 15.9. The van der Waals surface area contributed by atoms with E-state index in [4.69, 9.17) is 33.2 Å². The van der Waals surface area contributed by atoms with Crippen LogP contribution in [0.3, 0.4) is 0 Å². The van der Waals surface area contributed by atoms with Gasteiger partial charge in [-0.3, -0.25) is 9.80 Å². The first-order chi connectivity index (χ1) is 29.5. The Bertz CT molecular complexity index is 2180. The summed E-state index contributed by atoms with van der Waals surface area (Å²) in [5, 5.41) is 0. The van der Waals surface area contributed by atoms with Crippen LogP contribution in [0.5, 0.6) is 28.7 Å². The minimum absolute atomic E-state index is 0.0365. The maximum atomic E-state index is 12.6. The third-order valence-corrected chi connectivity index (χ3v) is 12.1. The normalized spacial score (nSPS) is 16.4. The van der Waals surface area contributed by atoms with E-state index >= 15 is 0 Å². The van der Waals surface area contributed by atoms with Crippen molar-refractivity contribution in [2.45, 2.75) is 71.4 Å². The van der Waals surface area contributed by atoms with Crippen molar-refractivity contribution >= 4 is 11.9 Å². The minimum Gasteiger partial charge on any atom is -0.496 e. The SMILES string of the molecule is COc1cc(C[C@@H]2c3cc(C)c(C)cc3CCN2CCCOC(=O)/C=C/C(=O)OCCCN2CCc3cc(OC)c(OC)cc3[C@H]2Cc2ccc(OC)c(OC)c2)ccc1C. The van der Waals surface area contributed by atoms with Gasteiger partial charge in [-0.1, -0.05) is 30.3 Å². The van der Waals surface area contributed by atoms with Crippen LogP contribution < -0.4 is 23.7 Å². The summed E-state index contributed by atoms with van der Waals surface area (Å²) in [5.74, 6) is 2.51. The quantitative estimate of drug-likeness (QED) is 0.0521. The lowest BCUT2D eigenvalue weighted by molar-refractivity contribution is -0.140. The van der Waals surface area contributed by atoms with Gasteiger partial charge in [-0.25, -0.2) is 9.59 Å². The van der Waals surface area contributed by atoms with Crippen molar-refractivity contribution in [3.05, 3.63) is 123 Å². The van der Waals surface area contributed by atoms with Gasteiger partial charge < -0.3 is 33.2 Å². The van der Waals surface area contributed by atoms with Crippen molar-refractivity contribution in [2.24, 2.45) is 0 Å². The molecule has 0 saturated heterocycles. The van der Waals surface area contributed by atoms with Crippen LogP contribution in [0.1, 0.15) is 75.0 Å². The molecule has 11 nitrogen and oxygen atoms in total. The summed E-state index contributed by atoms with van der Waals surface area (Å²) in [6.45, 7) is 10.1. The average Bonchev–Trinajstić information content (AvgIpc) is 3.27. The lowest BCUT2D eigenvalue weighted by Crippen LogP contribution is -2.38. The average molecular weight is 835 g/mol. The van der Waals surface area contributed by atoms with Gasteiger partial charge in [0.1, 0.15) is 5.75 Å². The fourth-order valence-electron chi connectivity index (χ4n) is 8.69. The van der Waals surface area contributed by atoms with Crippen LogP contribution in [-0.4, -0.2) is 96.7 Å². The molecule has 2 atom stereocenters. The maximum Gasteiger partial charge on any atom is 0.331 e. The number of carbonyl (C=O) groups is 2. The molecule has 0 amide bonds. The molecule has 2 aliphatic heterocycles. The molecule has 61 heavy (non-hydrogen) atoms. The molecular formula is C50H62N2O9. The number of esters is 2. The highest BCUT2D eigenvalue weighted by atomic mass is 16.5. The summed E-state index contributed by atoms with van der Waals surface area (Å²) in [4.78, 5) is 30.2. The van der Waals surface area contributed by atoms with Crippen LogP contribution in [0.15, 0.2) is 72.8 Å². The second kappa shape index (κ2) is 21.3. The Kier molecular flexibility index (Phi) is 15.7. The molecule has 4 aromatic rings. The van der Waals surface area contributed by atoms with Gasteiger partial charge in [0.05, 0.1) is 48.8 Å². The highest BCUT2D eigenvalue weighted by Gasteiger charge is 2.30. The molecule has 4 aromatic carbocycles. The lowest BCUT2D eigenvalue weighted by atomic mass is 9.86. The molecule has 0 bridgehead atoms. The van der Waals surface area contributed by atoms with Crippen LogP contribution in [0.2, 0.25) is 0 Å². The number of hydrogen-bond donors (Lipinski definition) is 0. The van der Waals surface area contributed by atoms with E-state index < -0.39 is 11.9 Å². The molecule has 0 radical (unpaired) electrons. The van der Waals surface area contributed by atoms with Gasteiger partial charge in [0, 0.05) is 50.4 Å². The number of benzene rings is 4. The number of hydrogen-bond acceptors (Lipinski definition) is 11. The number of ether oxygens (including phenoxy) is 7. The Labute approximate surface area is 361 Å². The molecule has 0 unspecified atom stereocenters. The van der Waals surface area contributed by atoms with E-state index in [2.05, 4.69) is 79.1 Å². The summed E-state index contributed by atoms with van der Waals surface area (Å²) in [7, 11) is 8.28. The second-order valence-electron chi connectivity index (χ2n) is 15.9. The van der Waals surface area contributed by atoms with Crippen LogP contribution in [0.4, 0.5) is 0 Å². The summed E-state index contributed by atoms with van der Waals surface area (Å²) < 4.78 is 39.0. The van der Waals surface area contributed by atoms with E-state index in [0.29, 0.717) is 42.4 Å². The zero-order valence-electron chi connectivity index (χ0n) is 37.1. The molecule has 326 valence electrons. The van der Waals surface area contributed by atoms with Crippen molar-refractivity contribution in [3.8, 4) is 28.7 Å². The summed E-state index contributed by atoms with van der Waals surface area (Å²) in [5.41, 5.74) is 11.2. The predicted octanol–water partition coefficient (Wildman–Crippen LogP) is 8.06. The van der Waals surface area contributed by atoms with E-state index in [9.17, 15) is 9.59 Å². The Hall–Kier alpha value is -5.52. The standard InChI is InChI=1S/C50H62N2O9/c1-33-11-12-36(29-45(33)56-5)27-42-40-26-35(3)34(2)25-38(40)17-21-51(42)19-9-23-60-49(53)15-16-50(54)61-24-10-20-52-22-18-39-31-47(58-7)48(59-8)32-41(39)43(52)28-37-13-14-44(55-4)46(30-37)57-6/h11-16,25-26,29-32,42-43H,9-10,17-24,27-28H2,1-8H3/b16-15+/t42-,43-/m1/s1. The molecule has 11 heteroatoms. The van der Waals surface area contributed by atoms with Gasteiger partial charge >= 0.3 is 11.9 Å². The van der Waals surface area contributed by atoms with E-state index in [1.54, 1.807) is 35.5 Å². The van der Waals surface area contributed by atoms with Crippen molar-refractivity contribution in [1.29, 1.82) is 0 Å². The van der Waals surface area contributed by atoms with Crippen LogP contribution in [-0.2, 0) is 44.7 Å². The van der Waals surface area contributed by atoms with Crippen molar-refractivity contribution in [1.82, 2.24) is 9.80 Å². The molecule has 6 rings (SSSR count). The third-order valence-electron chi connectivity index (χ3n) is 12.1. The highest BCUT2D eigenvalue weighted by Crippen LogP contribution is 2.41. The van der Waals surface area contributed by atoms with Gasteiger partial charge in [-0.15, -0.1) is 0 Å². The Morgan fingerprint density at radius 2 is 1.00 bits per heavy atom. The monoisotopic (exact) mass is 834 g/mol. The van der Waals surface area contributed by atoms with Crippen LogP contribution in [0.25, 0.3) is 0 Å². The molecule has 0 N–H and O–H groups in total. The van der Waals surface area contributed by atoms with Gasteiger partial charge in [0.15, 0.2) is 23.0 Å². The predicted molar refractivity (Wildman–Crippen MR) is 236 cm³/mol. The number of nitrogens with zero attached hydrogens (tertiary/aromatic N) is 2. The fraction of sp³-hybridized carbons (Fsp3) is 0.440. The molecule has 2 aliphatic rings. The highest BCUT2D eigenvalue weighted by molar-refractivity contribution is 5.91. The smallest absolute Gasteiger partial charge is 0.331 e. The van der Waals surface area contributed by atoms with Gasteiger partial charge in [-0.2, -0.15) is 0 Å². The topological polar surface area (TPSA) is 105 Å². The molecular weight excluding hydrogens is 773 g/mol. The van der Waals surface area contributed by atoms with E-state index in [0.717, 1.165) is 74.3 Å². The van der Waals surface area contributed by atoms with Gasteiger partial charge in [0.25, 0.3) is 0 Å². The van der Waals surface area contributed by atoms with Crippen molar-refractivity contribution in [2.75, 3.05) is 74.9 Å². The summed E-state index contributed by atoms with van der Waals surface area (Å²) in [6, 6.07) is 21.5. The zero-order valence-corrected chi connectivity index (χ0v) is 37.1. The Morgan fingerprint density at radius 3 is 1.56 bits per heavy atom. The largest absolute Gasteiger partial charge is 0.496 e. The molecule has 0 aliphatic carbocycles. The number of aryl methyl sites for hydroxylation is 3. The van der Waals surface area contributed by atoms with Gasteiger partial charge in [-0.05, 0) is 140 Å². The van der Waals surface area contributed by atoms with Crippen molar-refractivity contribution < 1.29 is 42.7 Å². The number of methoxy groups -OCH3 is 5. The van der Waals surface area contributed by atoms with E-state index in [1.165, 1.54) is 38.9 Å². The van der Waals surface area contributed by atoms with Crippen LogP contribution >= 0.6 is 0 Å². The first kappa shape index (κ1) is 45.0. The van der Waals surface area contributed by atoms with Crippen LogP contribution in [0, 0.1) is 20.8 Å². The molecule has 0 saturated carbocycles. The number of fused-ring (bicyclic) bond motifs is 2. The molecule has 0 fully saturated rings. The first-order valence-electron chi connectivity index (χ1n) is 21.2. The Balaban J connectivity index is 0.991. The fourth-order valence-corrected chi connectivity index (χ4v) is 8.69. The minimum atomic E-state index is -0.576. The van der Waals surface area contributed by atoms with Gasteiger partial charge in [0.2, 0.25) is 0 Å². The summed E-state index contributed by atoms with van der Waals surface area (Å²) >= 11 is 0. The summed E-state index contributed by atoms with van der Waals surface area (Å²) in [6.07, 6.45) is 7.00. The zero-order chi connectivity index (χ0) is 43.5. The van der Waals surface area contributed by atoms with E-state index in [-0.39, 0.29) is 25.3 Å². The third kappa shape index (κ3) is 11.3. The number of rotatable bonds is 19. The number of carbonyl (C=O) groups excluding carboxylic acids is 2.